The van der Waals surface area contributed by atoms with Gasteiger partial charge in [0.25, 0.3) is 5.56 Å². The predicted molar refractivity (Wildman–Crippen MR) is 94.8 cm³/mol. The molecule has 2 N–H and O–H groups in total. The molecule has 24 heavy (non-hydrogen) atoms. The summed E-state index contributed by atoms with van der Waals surface area (Å²) >= 11 is 1.17. The van der Waals surface area contributed by atoms with Gasteiger partial charge in [-0.15, -0.1) is 0 Å². The van der Waals surface area contributed by atoms with Gasteiger partial charge in [0, 0.05) is 22.5 Å². The average Bonchev–Trinajstić information content (AvgIpc) is 2.53. The van der Waals surface area contributed by atoms with Crippen LogP contribution in [0.1, 0.15) is 35.5 Å². The van der Waals surface area contributed by atoms with Gasteiger partial charge in [-0.1, -0.05) is 18.7 Å². The molecule has 0 fully saturated rings. The smallest absolute Gasteiger partial charge is 0.254 e. The molecule has 0 radical (unpaired) electrons. The summed E-state index contributed by atoms with van der Waals surface area (Å²) in [7, 11) is 0. The highest BCUT2D eigenvalue weighted by Gasteiger charge is 2.09. The van der Waals surface area contributed by atoms with Gasteiger partial charge in [0.2, 0.25) is 5.91 Å². The number of aryl methyl sites for hydroxylation is 1. The summed E-state index contributed by atoms with van der Waals surface area (Å²) in [6, 6.07) is 6.69. The molecule has 0 saturated carbocycles. The summed E-state index contributed by atoms with van der Waals surface area (Å²) in [6.45, 7) is 5.18. The Balaban J connectivity index is 1.96. The van der Waals surface area contributed by atoms with Gasteiger partial charge in [0.05, 0.1) is 5.75 Å². The second-order valence-electron chi connectivity index (χ2n) is 5.26. The molecule has 2 rings (SSSR count). The molecule has 0 atom stereocenters. The number of hydrogen-bond donors (Lipinski definition) is 2. The first-order chi connectivity index (χ1) is 11.4. The fourth-order valence-electron chi connectivity index (χ4n) is 2.19. The van der Waals surface area contributed by atoms with Crippen LogP contribution in [0.5, 0.6) is 0 Å². The molecular weight excluding hydrogens is 326 g/mol. The SMILES string of the molecule is CCc1c(C)nc(SCC(=O)Nc2ccc(C(C)=O)cc2)[nH]c1=O. The van der Waals surface area contributed by atoms with E-state index in [1.807, 2.05) is 6.92 Å². The van der Waals surface area contributed by atoms with E-state index in [9.17, 15) is 14.4 Å². The number of anilines is 1. The minimum absolute atomic E-state index is 0.0237. The molecule has 7 heteroatoms. The zero-order chi connectivity index (χ0) is 17.7. The molecule has 0 aliphatic carbocycles. The van der Waals surface area contributed by atoms with E-state index in [0.717, 1.165) is 0 Å². The lowest BCUT2D eigenvalue weighted by Gasteiger charge is -2.07. The molecule has 6 nitrogen and oxygen atoms in total. The molecule has 0 spiro atoms. The van der Waals surface area contributed by atoms with Crippen molar-refractivity contribution in [1.82, 2.24) is 9.97 Å². The first kappa shape index (κ1) is 17.9. The van der Waals surface area contributed by atoms with E-state index in [-0.39, 0.29) is 23.0 Å². The lowest BCUT2D eigenvalue weighted by molar-refractivity contribution is -0.113. The van der Waals surface area contributed by atoms with Crippen LogP contribution in [-0.2, 0) is 11.2 Å². The van der Waals surface area contributed by atoms with Crippen molar-refractivity contribution in [3.8, 4) is 0 Å². The number of hydrogen-bond acceptors (Lipinski definition) is 5. The van der Waals surface area contributed by atoms with Crippen molar-refractivity contribution in [2.45, 2.75) is 32.3 Å². The maximum absolute atomic E-state index is 12.0. The first-order valence-electron chi connectivity index (χ1n) is 7.54. The van der Waals surface area contributed by atoms with Crippen LogP contribution in [0.15, 0.2) is 34.2 Å². The highest BCUT2D eigenvalue weighted by molar-refractivity contribution is 7.99. The number of benzene rings is 1. The number of nitrogens with one attached hydrogen (secondary N) is 2. The third-order valence-electron chi connectivity index (χ3n) is 3.47. The monoisotopic (exact) mass is 345 g/mol. The molecule has 1 aromatic carbocycles. The Bertz CT molecular complexity index is 813. The molecule has 0 aliphatic rings. The summed E-state index contributed by atoms with van der Waals surface area (Å²) < 4.78 is 0. The largest absolute Gasteiger partial charge is 0.325 e. The fourth-order valence-corrected chi connectivity index (χ4v) is 2.89. The number of aromatic nitrogens is 2. The van der Waals surface area contributed by atoms with Crippen LogP contribution in [0.3, 0.4) is 0 Å². The van der Waals surface area contributed by atoms with Crippen LogP contribution in [-0.4, -0.2) is 27.4 Å². The molecule has 1 aromatic heterocycles. The van der Waals surface area contributed by atoms with Gasteiger partial charge in [-0.05, 0) is 44.5 Å². The highest BCUT2D eigenvalue weighted by atomic mass is 32.2. The van der Waals surface area contributed by atoms with Crippen molar-refractivity contribution in [2.24, 2.45) is 0 Å². The third kappa shape index (κ3) is 4.55. The first-order valence-corrected chi connectivity index (χ1v) is 8.52. The molecule has 2 aromatic rings. The van der Waals surface area contributed by atoms with Gasteiger partial charge < -0.3 is 10.3 Å². The number of H-pyrrole nitrogens is 1. The maximum atomic E-state index is 12.0. The zero-order valence-corrected chi connectivity index (χ0v) is 14.6. The average molecular weight is 345 g/mol. The summed E-state index contributed by atoms with van der Waals surface area (Å²) in [4.78, 5) is 42.1. The molecule has 0 bridgehead atoms. The van der Waals surface area contributed by atoms with Crippen molar-refractivity contribution in [2.75, 3.05) is 11.1 Å². The molecule has 1 heterocycles. The number of carbonyl (C=O) groups is 2. The zero-order valence-electron chi connectivity index (χ0n) is 13.8. The van der Waals surface area contributed by atoms with Crippen molar-refractivity contribution < 1.29 is 9.59 Å². The highest BCUT2D eigenvalue weighted by Crippen LogP contribution is 2.15. The molecule has 0 unspecified atom stereocenters. The Labute approximate surface area is 144 Å². The molecule has 0 aliphatic heterocycles. The quantitative estimate of drug-likeness (QED) is 0.477. The van der Waals surface area contributed by atoms with E-state index in [4.69, 9.17) is 0 Å². The van der Waals surface area contributed by atoms with Crippen LogP contribution >= 0.6 is 11.8 Å². The second kappa shape index (κ2) is 7.92. The fraction of sp³-hybridized carbons (Fsp3) is 0.294. The number of nitrogens with zero attached hydrogens (tertiary/aromatic N) is 1. The maximum Gasteiger partial charge on any atom is 0.254 e. The Kier molecular flexibility index (Phi) is 5.92. The molecule has 1 amide bonds. The van der Waals surface area contributed by atoms with E-state index in [2.05, 4.69) is 15.3 Å². The van der Waals surface area contributed by atoms with Gasteiger partial charge in [-0.2, -0.15) is 0 Å². The van der Waals surface area contributed by atoms with Gasteiger partial charge in [0.1, 0.15) is 0 Å². The lowest BCUT2D eigenvalue weighted by atomic mass is 10.1. The number of rotatable bonds is 6. The summed E-state index contributed by atoms with van der Waals surface area (Å²) in [5, 5.41) is 3.17. The van der Waals surface area contributed by atoms with E-state index >= 15 is 0 Å². The normalized spacial score (nSPS) is 10.5. The standard InChI is InChI=1S/C17H19N3O3S/c1-4-14-10(2)18-17(20-16(14)23)24-9-15(22)19-13-7-5-12(6-8-13)11(3)21/h5-8H,4,9H2,1-3H3,(H,19,22)(H,18,20,23). The Morgan fingerprint density at radius 1 is 1.25 bits per heavy atom. The molecular formula is C17H19N3O3S. The van der Waals surface area contributed by atoms with Crippen LogP contribution in [0.2, 0.25) is 0 Å². The summed E-state index contributed by atoms with van der Waals surface area (Å²) in [6.07, 6.45) is 0.621. The third-order valence-corrected chi connectivity index (χ3v) is 4.34. The Morgan fingerprint density at radius 3 is 2.46 bits per heavy atom. The van der Waals surface area contributed by atoms with E-state index in [1.165, 1.54) is 18.7 Å². The number of amides is 1. The lowest BCUT2D eigenvalue weighted by Crippen LogP contribution is -2.18. The topological polar surface area (TPSA) is 91.9 Å². The number of thioether (sulfide) groups is 1. The van der Waals surface area contributed by atoms with Crippen molar-refractivity contribution in [1.29, 1.82) is 0 Å². The van der Waals surface area contributed by atoms with Gasteiger partial charge in [-0.25, -0.2) is 4.98 Å². The van der Waals surface area contributed by atoms with E-state index in [0.29, 0.717) is 34.1 Å². The second-order valence-corrected chi connectivity index (χ2v) is 6.22. The van der Waals surface area contributed by atoms with Crippen molar-refractivity contribution in [3.05, 3.63) is 51.4 Å². The summed E-state index contributed by atoms with van der Waals surface area (Å²) in [5.74, 6) is -0.109. The minimum Gasteiger partial charge on any atom is -0.325 e. The predicted octanol–water partition coefficient (Wildman–Crippen LogP) is 2.57. The van der Waals surface area contributed by atoms with Gasteiger partial charge in [0.15, 0.2) is 10.9 Å². The van der Waals surface area contributed by atoms with E-state index < -0.39 is 0 Å². The number of carbonyl (C=O) groups excluding carboxylic acids is 2. The molecule has 126 valence electrons. The molecule has 0 saturated heterocycles. The Hall–Kier alpha value is -2.41. The van der Waals surface area contributed by atoms with Crippen molar-refractivity contribution in [3.63, 3.8) is 0 Å². The van der Waals surface area contributed by atoms with Crippen LogP contribution in [0.25, 0.3) is 0 Å². The van der Waals surface area contributed by atoms with Crippen LogP contribution in [0, 0.1) is 6.92 Å². The minimum atomic E-state index is -0.213. The van der Waals surface area contributed by atoms with Crippen LogP contribution < -0.4 is 10.9 Å². The summed E-state index contributed by atoms with van der Waals surface area (Å²) in [5.41, 5.74) is 2.39. The van der Waals surface area contributed by atoms with Crippen LogP contribution in [0.4, 0.5) is 5.69 Å². The van der Waals surface area contributed by atoms with Gasteiger partial charge >= 0.3 is 0 Å². The number of ketones is 1. The Morgan fingerprint density at radius 2 is 1.92 bits per heavy atom. The van der Waals surface area contributed by atoms with E-state index in [1.54, 1.807) is 31.2 Å². The number of Topliss-reactive ketones (excluding diaryl/α,β-unsaturated/α-hetero) is 1. The number of aromatic amines is 1. The van der Waals surface area contributed by atoms with Crippen molar-refractivity contribution >= 4 is 29.1 Å². The van der Waals surface area contributed by atoms with Gasteiger partial charge in [-0.3, -0.25) is 14.4 Å².